The van der Waals surface area contributed by atoms with Crippen LogP contribution in [0.2, 0.25) is 0 Å². The zero-order chi connectivity index (χ0) is 10.5. The third kappa shape index (κ3) is 5.05. The van der Waals surface area contributed by atoms with Crippen molar-refractivity contribution in [3.05, 3.63) is 0 Å². The van der Waals surface area contributed by atoms with Gasteiger partial charge in [-0.15, -0.1) is 0 Å². The van der Waals surface area contributed by atoms with Gasteiger partial charge in [-0.25, -0.2) is 0 Å². The van der Waals surface area contributed by atoms with Gasteiger partial charge in [-0.2, -0.15) is 0 Å². The Morgan fingerprint density at radius 2 is 1.38 bits per heavy atom. The first-order valence-electron chi connectivity index (χ1n) is 5.45. The van der Waals surface area contributed by atoms with E-state index in [9.17, 15) is 0 Å². The molecule has 0 fully saturated rings. The Morgan fingerprint density at radius 3 is 1.62 bits per heavy atom. The highest BCUT2D eigenvalue weighted by atomic mass is 79.9. The van der Waals surface area contributed by atoms with Crippen molar-refractivity contribution in [3.8, 4) is 0 Å². The highest BCUT2D eigenvalue weighted by Crippen LogP contribution is 2.37. The third-order valence-electron chi connectivity index (χ3n) is 3.19. The van der Waals surface area contributed by atoms with E-state index in [2.05, 4.69) is 50.5 Å². The van der Waals surface area contributed by atoms with Crippen LogP contribution in [0.25, 0.3) is 0 Å². The molecular weight excluding hydrogens is 224 g/mol. The fourth-order valence-corrected chi connectivity index (χ4v) is 2.57. The summed E-state index contributed by atoms with van der Waals surface area (Å²) in [6.07, 6.45) is 5.28. The lowest BCUT2D eigenvalue weighted by atomic mass is 9.75. The lowest BCUT2D eigenvalue weighted by molar-refractivity contribution is 0.226. The van der Waals surface area contributed by atoms with Gasteiger partial charge in [-0.1, -0.05) is 50.5 Å². The number of halogens is 1. The van der Waals surface area contributed by atoms with Crippen molar-refractivity contribution in [1.29, 1.82) is 0 Å². The molecule has 0 heterocycles. The number of rotatable bonds is 5. The van der Waals surface area contributed by atoms with Gasteiger partial charge < -0.3 is 0 Å². The van der Waals surface area contributed by atoms with Crippen molar-refractivity contribution in [2.45, 2.75) is 60.3 Å². The second-order valence-corrected chi connectivity index (χ2v) is 5.96. The van der Waals surface area contributed by atoms with Gasteiger partial charge in [-0.05, 0) is 36.5 Å². The van der Waals surface area contributed by atoms with E-state index in [0.29, 0.717) is 10.8 Å². The largest absolute Gasteiger partial charge is 0.0922 e. The van der Waals surface area contributed by atoms with Crippen LogP contribution in [0, 0.1) is 10.8 Å². The summed E-state index contributed by atoms with van der Waals surface area (Å²) in [6.45, 7) is 11.6. The van der Waals surface area contributed by atoms with Gasteiger partial charge >= 0.3 is 0 Å². The average Bonchev–Trinajstić information content (AvgIpc) is 2.06. The first-order valence-corrected chi connectivity index (χ1v) is 6.57. The van der Waals surface area contributed by atoms with Crippen LogP contribution < -0.4 is 0 Å². The standard InChI is InChI=1S/C12H25Br/c1-6-12(7-2,10-13)9-8-11(3,4)5/h6-10H2,1-5H3. The van der Waals surface area contributed by atoms with E-state index in [1.165, 1.54) is 25.7 Å². The Balaban J connectivity index is 4.11. The van der Waals surface area contributed by atoms with Crippen LogP contribution in [-0.2, 0) is 0 Å². The van der Waals surface area contributed by atoms with Crippen LogP contribution in [0.3, 0.4) is 0 Å². The van der Waals surface area contributed by atoms with Crippen LogP contribution in [0.15, 0.2) is 0 Å². The van der Waals surface area contributed by atoms with Gasteiger partial charge in [0, 0.05) is 5.33 Å². The molecular formula is C12H25Br. The van der Waals surface area contributed by atoms with Gasteiger partial charge in [0.15, 0.2) is 0 Å². The fraction of sp³-hybridized carbons (Fsp3) is 1.00. The molecule has 0 bridgehead atoms. The summed E-state index contributed by atoms with van der Waals surface area (Å²) in [4.78, 5) is 0. The van der Waals surface area contributed by atoms with Gasteiger partial charge in [0.05, 0.1) is 0 Å². The van der Waals surface area contributed by atoms with Crippen LogP contribution in [0.1, 0.15) is 60.3 Å². The molecule has 0 radical (unpaired) electrons. The van der Waals surface area contributed by atoms with Gasteiger partial charge in [0.2, 0.25) is 0 Å². The molecule has 0 aromatic rings. The first kappa shape index (κ1) is 13.5. The molecule has 80 valence electrons. The minimum Gasteiger partial charge on any atom is -0.0922 e. The van der Waals surface area contributed by atoms with E-state index in [-0.39, 0.29) is 0 Å². The van der Waals surface area contributed by atoms with Crippen molar-refractivity contribution in [2.24, 2.45) is 10.8 Å². The SMILES string of the molecule is CCC(CC)(CBr)CCC(C)(C)C. The minimum atomic E-state index is 0.484. The zero-order valence-corrected chi connectivity index (χ0v) is 11.5. The summed E-state index contributed by atoms with van der Waals surface area (Å²) < 4.78 is 0. The maximum absolute atomic E-state index is 3.66. The highest BCUT2D eigenvalue weighted by Gasteiger charge is 2.26. The van der Waals surface area contributed by atoms with E-state index in [0.717, 1.165) is 5.33 Å². The zero-order valence-electron chi connectivity index (χ0n) is 9.91. The fourth-order valence-electron chi connectivity index (χ4n) is 1.50. The summed E-state index contributed by atoms with van der Waals surface area (Å²) in [5.41, 5.74) is 1.03. The maximum atomic E-state index is 3.66. The molecule has 0 aromatic carbocycles. The smallest absolute Gasteiger partial charge is 0.00877 e. The summed E-state index contributed by atoms with van der Waals surface area (Å²) in [7, 11) is 0. The molecule has 0 N–H and O–H groups in total. The predicted octanol–water partition coefficient (Wildman–Crippen LogP) is 5.01. The minimum absolute atomic E-state index is 0.484. The van der Waals surface area contributed by atoms with Crippen LogP contribution >= 0.6 is 15.9 Å². The van der Waals surface area contributed by atoms with Gasteiger partial charge in [0.25, 0.3) is 0 Å². The summed E-state index contributed by atoms with van der Waals surface area (Å²) in [5.74, 6) is 0. The predicted molar refractivity (Wildman–Crippen MR) is 65.5 cm³/mol. The molecule has 0 aliphatic rings. The highest BCUT2D eigenvalue weighted by molar-refractivity contribution is 9.09. The van der Waals surface area contributed by atoms with E-state index in [4.69, 9.17) is 0 Å². The molecule has 0 saturated heterocycles. The molecule has 13 heavy (non-hydrogen) atoms. The molecule has 0 saturated carbocycles. The Kier molecular flexibility index (Phi) is 5.58. The Labute approximate surface area is 92.6 Å². The lowest BCUT2D eigenvalue weighted by Gasteiger charge is -2.32. The number of hydrogen-bond acceptors (Lipinski definition) is 0. The second kappa shape index (κ2) is 5.38. The average molecular weight is 249 g/mol. The first-order chi connectivity index (χ1) is 5.89. The maximum Gasteiger partial charge on any atom is 0.00877 e. The lowest BCUT2D eigenvalue weighted by Crippen LogP contribution is -2.23. The third-order valence-corrected chi connectivity index (χ3v) is 4.38. The van der Waals surface area contributed by atoms with Crippen molar-refractivity contribution >= 4 is 15.9 Å². The van der Waals surface area contributed by atoms with Crippen molar-refractivity contribution in [3.63, 3.8) is 0 Å². The summed E-state index contributed by atoms with van der Waals surface area (Å²) in [6, 6.07) is 0. The molecule has 0 rings (SSSR count). The molecule has 0 atom stereocenters. The summed E-state index contributed by atoms with van der Waals surface area (Å²) in [5, 5.41) is 1.16. The van der Waals surface area contributed by atoms with Crippen molar-refractivity contribution in [1.82, 2.24) is 0 Å². The van der Waals surface area contributed by atoms with E-state index < -0.39 is 0 Å². The molecule has 1 heteroatoms. The van der Waals surface area contributed by atoms with Crippen LogP contribution in [0.5, 0.6) is 0 Å². The van der Waals surface area contributed by atoms with Gasteiger partial charge in [0.1, 0.15) is 0 Å². The molecule has 0 amide bonds. The molecule has 0 unspecified atom stereocenters. The summed E-state index contributed by atoms with van der Waals surface area (Å²) >= 11 is 3.66. The molecule has 0 aliphatic heterocycles. The van der Waals surface area contributed by atoms with E-state index in [1.807, 2.05) is 0 Å². The van der Waals surface area contributed by atoms with Crippen molar-refractivity contribution in [2.75, 3.05) is 5.33 Å². The van der Waals surface area contributed by atoms with Crippen LogP contribution in [-0.4, -0.2) is 5.33 Å². The molecule has 0 nitrogen and oxygen atoms in total. The quantitative estimate of drug-likeness (QED) is 0.600. The number of alkyl halides is 1. The Bertz CT molecular complexity index is 120. The molecule has 0 aliphatic carbocycles. The van der Waals surface area contributed by atoms with Crippen LogP contribution in [0.4, 0.5) is 0 Å². The Morgan fingerprint density at radius 1 is 0.923 bits per heavy atom. The van der Waals surface area contributed by atoms with Gasteiger partial charge in [-0.3, -0.25) is 0 Å². The second-order valence-electron chi connectivity index (χ2n) is 5.40. The monoisotopic (exact) mass is 248 g/mol. The van der Waals surface area contributed by atoms with E-state index in [1.54, 1.807) is 0 Å². The topological polar surface area (TPSA) is 0 Å². The van der Waals surface area contributed by atoms with E-state index >= 15 is 0 Å². The van der Waals surface area contributed by atoms with Crippen molar-refractivity contribution < 1.29 is 0 Å². The Hall–Kier alpha value is 0.480. The molecule has 0 aromatic heterocycles. The number of hydrogen-bond donors (Lipinski definition) is 0. The molecule has 0 spiro atoms. The normalized spacial score (nSPS) is 13.4.